The highest BCUT2D eigenvalue weighted by molar-refractivity contribution is 7.99. The number of benzene rings is 2. The second-order valence-corrected chi connectivity index (χ2v) is 10.6. The maximum Gasteiger partial charge on any atom is 0.573 e. The van der Waals surface area contributed by atoms with Crippen LogP contribution < -0.4 is 10.4 Å². The first-order valence-corrected chi connectivity index (χ1v) is 13.7. The van der Waals surface area contributed by atoms with Crippen LogP contribution in [0.4, 0.5) is 39.5 Å². The fraction of sp³-hybridized carbons (Fsp3) is 0.429. The standard InChI is InChI=1S/C28H25F9O5S/c1-3-4-5-6-17-7-10-20(23(11-17)42-28(35,36)37)21-12-18-8-9-19(13-22(18)41-24(21)39)43-15-26(31,32)27(33,34)25(29,30)14-40-16(2)38/h7-13H,3-6,14-15H2,1-2H3. The van der Waals surface area contributed by atoms with Crippen LogP contribution in [0.1, 0.15) is 38.7 Å². The highest BCUT2D eigenvalue weighted by atomic mass is 32.2. The van der Waals surface area contributed by atoms with Gasteiger partial charge in [-0.2, -0.15) is 26.3 Å². The molecule has 236 valence electrons. The molecule has 5 nitrogen and oxygen atoms in total. The van der Waals surface area contributed by atoms with Gasteiger partial charge in [0, 0.05) is 22.8 Å². The molecule has 0 amide bonds. The molecule has 0 atom stereocenters. The third-order valence-corrected chi connectivity index (χ3v) is 7.23. The number of hydrogen-bond acceptors (Lipinski definition) is 6. The molecule has 0 aliphatic heterocycles. The smallest absolute Gasteiger partial charge is 0.459 e. The lowest BCUT2D eigenvalue weighted by Gasteiger charge is -2.32. The van der Waals surface area contributed by atoms with E-state index in [2.05, 4.69) is 9.47 Å². The van der Waals surface area contributed by atoms with E-state index in [1.165, 1.54) is 24.3 Å². The van der Waals surface area contributed by atoms with E-state index in [4.69, 9.17) is 4.42 Å². The quantitative estimate of drug-likeness (QED) is 0.0610. The lowest BCUT2D eigenvalue weighted by atomic mass is 10.00. The van der Waals surface area contributed by atoms with Gasteiger partial charge in [0.1, 0.15) is 11.3 Å². The lowest BCUT2D eigenvalue weighted by Crippen LogP contribution is -2.57. The van der Waals surface area contributed by atoms with Gasteiger partial charge in [0.05, 0.1) is 11.3 Å². The van der Waals surface area contributed by atoms with Gasteiger partial charge in [-0.25, -0.2) is 4.79 Å². The molecule has 0 unspecified atom stereocenters. The largest absolute Gasteiger partial charge is 0.573 e. The van der Waals surface area contributed by atoms with Crippen LogP contribution in [0.2, 0.25) is 0 Å². The first-order valence-electron chi connectivity index (χ1n) is 12.7. The Labute approximate surface area is 243 Å². The molecule has 1 heterocycles. The monoisotopic (exact) mass is 644 g/mol. The molecule has 0 N–H and O–H groups in total. The van der Waals surface area contributed by atoms with Gasteiger partial charge in [0.25, 0.3) is 0 Å². The lowest BCUT2D eigenvalue weighted by molar-refractivity contribution is -0.309. The summed E-state index contributed by atoms with van der Waals surface area (Å²) in [6.45, 7) is 0.354. The van der Waals surface area contributed by atoms with Crippen LogP contribution in [0.3, 0.4) is 0 Å². The minimum Gasteiger partial charge on any atom is -0.459 e. The summed E-state index contributed by atoms with van der Waals surface area (Å²) in [6.07, 6.45) is -2.12. The van der Waals surface area contributed by atoms with Crippen molar-refractivity contribution in [2.24, 2.45) is 0 Å². The van der Waals surface area contributed by atoms with Crippen molar-refractivity contribution in [2.45, 2.75) is 68.6 Å². The highest BCUT2D eigenvalue weighted by Crippen LogP contribution is 2.48. The van der Waals surface area contributed by atoms with Gasteiger partial charge >= 0.3 is 35.7 Å². The Hall–Kier alpha value is -3.36. The summed E-state index contributed by atoms with van der Waals surface area (Å²) in [5.74, 6) is -20.4. The summed E-state index contributed by atoms with van der Waals surface area (Å²) in [6, 6.07) is 8.57. The number of rotatable bonds is 13. The van der Waals surface area contributed by atoms with Gasteiger partial charge in [-0.15, -0.1) is 24.9 Å². The number of ether oxygens (including phenoxy) is 2. The Bertz CT molecular complexity index is 1500. The van der Waals surface area contributed by atoms with Gasteiger partial charge in [-0.3, -0.25) is 4.79 Å². The molecule has 15 heteroatoms. The molecule has 3 rings (SSSR count). The molecule has 0 bridgehead atoms. The van der Waals surface area contributed by atoms with Crippen molar-refractivity contribution < 1.29 is 58.2 Å². The van der Waals surface area contributed by atoms with E-state index >= 15 is 0 Å². The summed E-state index contributed by atoms with van der Waals surface area (Å²) < 4.78 is 137. The van der Waals surface area contributed by atoms with Crippen molar-refractivity contribution in [3.8, 4) is 16.9 Å². The van der Waals surface area contributed by atoms with Crippen molar-refractivity contribution in [3.05, 3.63) is 58.4 Å². The number of carbonyl (C=O) groups excluding carboxylic acids is 1. The highest BCUT2D eigenvalue weighted by Gasteiger charge is 2.71. The third-order valence-electron chi connectivity index (χ3n) is 6.13. The topological polar surface area (TPSA) is 65.7 Å². The SMILES string of the molecule is CCCCCc1ccc(-c2cc3ccc(SCC(F)(F)C(F)(F)C(F)(F)COC(C)=O)cc3oc2=O)c(OC(F)(F)F)c1. The molecule has 43 heavy (non-hydrogen) atoms. The third kappa shape index (κ3) is 8.39. The van der Waals surface area contributed by atoms with E-state index in [0.29, 0.717) is 18.9 Å². The summed E-state index contributed by atoms with van der Waals surface area (Å²) >= 11 is 0.0563. The van der Waals surface area contributed by atoms with Crippen LogP contribution >= 0.6 is 11.8 Å². The number of aryl methyl sites for hydroxylation is 1. The maximum atomic E-state index is 14.2. The normalized spacial score (nSPS) is 12.9. The van der Waals surface area contributed by atoms with Crippen molar-refractivity contribution >= 4 is 28.7 Å². The Morgan fingerprint density at radius 3 is 2.21 bits per heavy atom. The Balaban J connectivity index is 1.88. The van der Waals surface area contributed by atoms with Gasteiger partial charge < -0.3 is 13.9 Å². The van der Waals surface area contributed by atoms with E-state index in [9.17, 15) is 49.1 Å². The average molecular weight is 645 g/mol. The van der Waals surface area contributed by atoms with Crippen molar-refractivity contribution in [2.75, 3.05) is 12.4 Å². The Kier molecular flexibility index (Phi) is 10.4. The number of unbranched alkanes of at least 4 members (excludes halogenated alkanes) is 2. The maximum absolute atomic E-state index is 14.2. The fourth-order valence-electron chi connectivity index (χ4n) is 3.92. The zero-order chi connectivity index (χ0) is 32.2. The number of alkyl halides is 9. The zero-order valence-electron chi connectivity index (χ0n) is 22.6. The van der Waals surface area contributed by atoms with E-state index in [1.54, 1.807) is 6.07 Å². The summed E-state index contributed by atoms with van der Waals surface area (Å²) in [5.41, 5.74) is -1.31. The molecule has 1 aromatic heterocycles. The fourth-order valence-corrected chi connectivity index (χ4v) is 4.80. The molecular weight excluding hydrogens is 619 g/mol. The zero-order valence-corrected chi connectivity index (χ0v) is 23.5. The molecule has 0 spiro atoms. The van der Waals surface area contributed by atoms with E-state index in [1.807, 2.05) is 6.92 Å². The molecule has 0 saturated heterocycles. The van der Waals surface area contributed by atoms with Crippen LogP contribution in [0, 0.1) is 0 Å². The molecule has 0 saturated carbocycles. The number of halogens is 9. The second kappa shape index (κ2) is 13.1. The first-order chi connectivity index (χ1) is 19.9. The van der Waals surface area contributed by atoms with Gasteiger partial charge in [-0.05, 0) is 42.7 Å². The van der Waals surface area contributed by atoms with Crippen LogP contribution in [0.25, 0.3) is 22.1 Å². The minimum atomic E-state index is -5.89. The summed E-state index contributed by atoms with van der Waals surface area (Å²) in [5, 5.41) is 0.133. The van der Waals surface area contributed by atoms with E-state index in [-0.39, 0.29) is 38.8 Å². The van der Waals surface area contributed by atoms with E-state index in [0.717, 1.165) is 31.4 Å². The predicted octanol–water partition coefficient (Wildman–Crippen LogP) is 8.65. The average Bonchev–Trinajstić information content (AvgIpc) is 2.90. The second-order valence-electron chi connectivity index (χ2n) is 9.53. The van der Waals surface area contributed by atoms with E-state index < -0.39 is 53.8 Å². The number of thioether (sulfide) groups is 1. The van der Waals surface area contributed by atoms with Crippen LogP contribution in [-0.4, -0.2) is 42.5 Å². The van der Waals surface area contributed by atoms with Crippen LogP contribution in [-0.2, 0) is 16.0 Å². The number of hydrogen-bond donors (Lipinski definition) is 0. The van der Waals surface area contributed by atoms with Crippen LogP contribution in [0.5, 0.6) is 5.75 Å². The molecular formula is C28H25F9O5S. The summed E-state index contributed by atoms with van der Waals surface area (Å²) in [7, 11) is 0. The molecule has 0 aliphatic rings. The Morgan fingerprint density at radius 1 is 0.884 bits per heavy atom. The van der Waals surface area contributed by atoms with Crippen molar-refractivity contribution in [1.82, 2.24) is 0 Å². The molecule has 2 aromatic carbocycles. The Morgan fingerprint density at radius 2 is 1.58 bits per heavy atom. The number of carbonyl (C=O) groups is 1. The van der Waals surface area contributed by atoms with Crippen molar-refractivity contribution in [1.29, 1.82) is 0 Å². The molecule has 0 radical (unpaired) electrons. The minimum absolute atomic E-state index is 0.0563. The predicted molar refractivity (Wildman–Crippen MR) is 140 cm³/mol. The number of esters is 1. The molecule has 3 aromatic rings. The van der Waals surface area contributed by atoms with Crippen LogP contribution in [0.15, 0.2) is 56.6 Å². The molecule has 0 aliphatic carbocycles. The van der Waals surface area contributed by atoms with Gasteiger partial charge in [0.2, 0.25) is 0 Å². The summed E-state index contributed by atoms with van der Waals surface area (Å²) in [4.78, 5) is 23.3. The first kappa shape index (κ1) is 34.1. The molecule has 0 fully saturated rings. The van der Waals surface area contributed by atoms with Gasteiger partial charge in [0.15, 0.2) is 6.61 Å². The number of fused-ring (bicyclic) bond motifs is 1. The van der Waals surface area contributed by atoms with Gasteiger partial charge in [-0.1, -0.05) is 38.0 Å². The van der Waals surface area contributed by atoms with Crippen molar-refractivity contribution in [3.63, 3.8) is 0 Å².